The van der Waals surface area contributed by atoms with Crippen LogP contribution in [0.4, 0.5) is 13.2 Å². The minimum atomic E-state index is -0.791. The summed E-state index contributed by atoms with van der Waals surface area (Å²) in [6.07, 6.45) is 0. The van der Waals surface area contributed by atoms with Crippen LogP contribution in [-0.4, -0.2) is 24.3 Å². The Morgan fingerprint density at radius 3 is 2.46 bits per heavy atom. The van der Waals surface area contributed by atoms with E-state index in [0.29, 0.717) is 0 Å². The molecular formula is C17H16F3NO2S. The SMILES string of the molecule is CC(COc1ccc(F)cc1F)NC(=O)CSc1ccc(F)cc1. The Bertz CT molecular complexity index is 695. The molecule has 2 aromatic carbocycles. The number of carbonyl (C=O) groups excluding carboxylic acids is 1. The first kappa shape index (κ1) is 18.2. The molecule has 2 aromatic rings. The summed E-state index contributed by atoms with van der Waals surface area (Å²) in [5.41, 5.74) is 0. The van der Waals surface area contributed by atoms with Crippen LogP contribution < -0.4 is 10.1 Å². The molecule has 3 nitrogen and oxygen atoms in total. The number of hydrogen-bond acceptors (Lipinski definition) is 3. The summed E-state index contributed by atoms with van der Waals surface area (Å²) in [6, 6.07) is 8.52. The minimum absolute atomic E-state index is 0.0511. The van der Waals surface area contributed by atoms with Gasteiger partial charge in [0.05, 0.1) is 11.8 Å². The third-order valence-corrected chi connectivity index (χ3v) is 3.99. The maximum atomic E-state index is 13.4. The van der Waals surface area contributed by atoms with Crippen molar-refractivity contribution in [1.29, 1.82) is 0 Å². The Hall–Kier alpha value is -2.15. The van der Waals surface area contributed by atoms with Gasteiger partial charge in [-0.2, -0.15) is 0 Å². The van der Waals surface area contributed by atoms with Gasteiger partial charge in [-0.3, -0.25) is 4.79 Å². The molecule has 1 unspecified atom stereocenters. The standard InChI is InChI=1S/C17H16F3NO2S/c1-11(9-23-16-7-4-13(19)8-15(16)20)21-17(22)10-24-14-5-2-12(18)3-6-14/h2-8,11H,9-10H2,1H3,(H,21,22). The van der Waals surface area contributed by atoms with Crippen LogP contribution in [0.2, 0.25) is 0 Å². The smallest absolute Gasteiger partial charge is 0.230 e. The molecule has 0 radical (unpaired) electrons. The Labute approximate surface area is 142 Å². The van der Waals surface area contributed by atoms with Crippen molar-refractivity contribution in [3.05, 3.63) is 59.9 Å². The summed E-state index contributed by atoms with van der Waals surface area (Å²) in [5, 5.41) is 2.71. The van der Waals surface area contributed by atoms with Crippen molar-refractivity contribution in [1.82, 2.24) is 5.32 Å². The van der Waals surface area contributed by atoms with E-state index in [9.17, 15) is 18.0 Å². The maximum Gasteiger partial charge on any atom is 0.230 e. The molecule has 0 aliphatic rings. The average molecular weight is 355 g/mol. The molecule has 0 spiro atoms. The highest BCUT2D eigenvalue weighted by molar-refractivity contribution is 8.00. The third-order valence-electron chi connectivity index (χ3n) is 2.97. The second-order valence-electron chi connectivity index (χ2n) is 5.10. The van der Waals surface area contributed by atoms with Crippen LogP contribution in [0.3, 0.4) is 0 Å². The lowest BCUT2D eigenvalue weighted by atomic mass is 10.3. The van der Waals surface area contributed by atoms with Crippen molar-refractivity contribution < 1.29 is 22.7 Å². The lowest BCUT2D eigenvalue weighted by Gasteiger charge is -2.15. The van der Waals surface area contributed by atoms with Gasteiger partial charge in [-0.15, -0.1) is 11.8 Å². The van der Waals surface area contributed by atoms with E-state index in [1.807, 2.05) is 0 Å². The fourth-order valence-electron chi connectivity index (χ4n) is 1.84. The molecule has 1 amide bonds. The van der Waals surface area contributed by atoms with Gasteiger partial charge in [0.25, 0.3) is 0 Å². The van der Waals surface area contributed by atoms with Crippen LogP contribution in [0.5, 0.6) is 5.75 Å². The summed E-state index contributed by atoms with van der Waals surface area (Å²) < 4.78 is 44.2. The molecule has 2 rings (SSSR count). The summed E-state index contributed by atoms with van der Waals surface area (Å²) >= 11 is 1.28. The molecule has 24 heavy (non-hydrogen) atoms. The Kier molecular flexibility index (Phi) is 6.54. The molecular weight excluding hydrogens is 339 g/mol. The van der Waals surface area contributed by atoms with Crippen molar-refractivity contribution in [3.8, 4) is 5.75 Å². The molecule has 0 aliphatic heterocycles. The number of rotatable bonds is 7. The van der Waals surface area contributed by atoms with Crippen LogP contribution in [-0.2, 0) is 4.79 Å². The number of nitrogens with one attached hydrogen (secondary N) is 1. The monoisotopic (exact) mass is 355 g/mol. The van der Waals surface area contributed by atoms with E-state index < -0.39 is 11.6 Å². The maximum absolute atomic E-state index is 13.4. The third kappa shape index (κ3) is 5.81. The summed E-state index contributed by atoms with van der Waals surface area (Å²) in [6.45, 7) is 1.76. The molecule has 0 bridgehead atoms. The number of hydrogen-bond donors (Lipinski definition) is 1. The molecule has 128 valence electrons. The van der Waals surface area contributed by atoms with E-state index in [-0.39, 0.29) is 35.9 Å². The second-order valence-corrected chi connectivity index (χ2v) is 6.15. The van der Waals surface area contributed by atoms with Crippen molar-refractivity contribution in [3.63, 3.8) is 0 Å². The summed E-state index contributed by atoms with van der Waals surface area (Å²) in [7, 11) is 0. The van der Waals surface area contributed by atoms with Crippen molar-refractivity contribution in [2.24, 2.45) is 0 Å². The van der Waals surface area contributed by atoms with E-state index in [1.165, 1.54) is 30.0 Å². The number of halogens is 3. The van der Waals surface area contributed by atoms with E-state index >= 15 is 0 Å². The van der Waals surface area contributed by atoms with Crippen LogP contribution in [0.1, 0.15) is 6.92 Å². The number of benzene rings is 2. The number of thioether (sulfide) groups is 1. The van der Waals surface area contributed by atoms with Crippen LogP contribution in [0, 0.1) is 17.5 Å². The van der Waals surface area contributed by atoms with E-state index in [0.717, 1.165) is 17.0 Å². The fraction of sp³-hybridized carbons (Fsp3) is 0.235. The molecule has 7 heteroatoms. The van der Waals surface area contributed by atoms with Gasteiger partial charge >= 0.3 is 0 Å². The zero-order chi connectivity index (χ0) is 17.5. The van der Waals surface area contributed by atoms with Crippen molar-refractivity contribution in [2.45, 2.75) is 17.9 Å². The molecule has 1 atom stereocenters. The molecule has 0 fully saturated rings. The second kappa shape index (κ2) is 8.63. The first-order valence-corrected chi connectivity index (χ1v) is 8.18. The molecule has 0 heterocycles. The summed E-state index contributed by atoms with van der Waals surface area (Å²) in [5.74, 6) is -1.93. The number of ether oxygens (including phenoxy) is 1. The van der Waals surface area contributed by atoms with Gasteiger partial charge in [0.2, 0.25) is 5.91 Å². The van der Waals surface area contributed by atoms with Gasteiger partial charge in [0.1, 0.15) is 18.2 Å². The van der Waals surface area contributed by atoms with E-state index in [1.54, 1.807) is 19.1 Å². The fourth-order valence-corrected chi connectivity index (χ4v) is 2.55. The molecule has 1 N–H and O–H groups in total. The molecule has 0 saturated heterocycles. The van der Waals surface area contributed by atoms with Gasteiger partial charge in [-0.05, 0) is 43.3 Å². The lowest BCUT2D eigenvalue weighted by Crippen LogP contribution is -2.37. The molecule has 0 aromatic heterocycles. The Morgan fingerprint density at radius 1 is 1.12 bits per heavy atom. The Morgan fingerprint density at radius 2 is 1.79 bits per heavy atom. The predicted octanol–water partition coefficient (Wildman–Crippen LogP) is 3.78. The van der Waals surface area contributed by atoms with Gasteiger partial charge in [-0.25, -0.2) is 13.2 Å². The van der Waals surface area contributed by atoms with E-state index in [2.05, 4.69) is 5.32 Å². The average Bonchev–Trinajstić information content (AvgIpc) is 2.53. The van der Waals surface area contributed by atoms with Crippen molar-refractivity contribution in [2.75, 3.05) is 12.4 Å². The molecule has 0 aliphatic carbocycles. The predicted molar refractivity (Wildman–Crippen MR) is 86.6 cm³/mol. The topological polar surface area (TPSA) is 38.3 Å². The minimum Gasteiger partial charge on any atom is -0.488 e. The Balaban J connectivity index is 1.74. The van der Waals surface area contributed by atoms with Crippen LogP contribution in [0.25, 0.3) is 0 Å². The highest BCUT2D eigenvalue weighted by atomic mass is 32.2. The van der Waals surface area contributed by atoms with Gasteiger partial charge in [0.15, 0.2) is 11.6 Å². The lowest BCUT2D eigenvalue weighted by molar-refractivity contribution is -0.119. The number of carbonyl (C=O) groups is 1. The zero-order valence-electron chi connectivity index (χ0n) is 12.9. The highest BCUT2D eigenvalue weighted by Gasteiger charge is 2.11. The van der Waals surface area contributed by atoms with E-state index in [4.69, 9.17) is 4.74 Å². The van der Waals surface area contributed by atoms with Crippen molar-refractivity contribution >= 4 is 17.7 Å². The first-order chi connectivity index (χ1) is 11.4. The van der Waals surface area contributed by atoms with Gasteiger partial charge < -0.3 is 10.1 Å². The number of amides is 1. The largest absolute Gasteiger partial charge is 0.488 e. The highest BCUT2D eigenvalue weighted by Crippen LogP contribution is 2.19. The summed E-state index contributed by atoms with van der Waals surface area (Å²) in [4.78, 5) is 12.6. The zero-order valence-corrected chi connectivity index (χ0v) is 13.7. The van der Waals surface area contributed by atoms with Gasteiger partial charge in [-0.1, -0.05) is 0 Å². The van der Waals surface area contributed by atoms with Gasteiger partial charge in [0, 0.05) is 11.0 Å². The molecule has 0 saturated carbocycles. The normalized spacial score (nSPS) is 11.8. The van der Waals surface area contributed by atoms with Crippen LogP contribution in [0.15, 0.2) is 47.4 Å². The van der Waals surface area contributed by atoms with Crippen LogP contribution >= 0.6 is 11.8 Å². The quantitative estimate of drug-likeness (QED) is 0.768. The first-order valence-electron chi connectivity index (χ1n) is 7.19.